The maximum atomic E-state index is 6.15. The van der Waals surface area contributed by atoms with Gasteiger partial charge < -0.3 is 8.85 Å². The molecule has 0 unspecified atom stereocenters. The molecule has 1 rings (SSSR count). The van der Waals surface area contributed by atoms with Crippen LogP contribution < -0.4 is 0 Å². The molecule has 0 aromatic heterocycles. The highest BCUT2D eigenvalue weighted by atomic mass is 28.4. The van der Waals surface area contributed by atoms with Crippen LogP contribution in [0.2, 0.25) is 12.1 Å². The predicted molar refractivity (Wildman–Crippen MR) is 75.5 cm³/mol. The number of unbranched alkanes of at least 4 members (excludes halogenated alkanes) is 1. The fourth-order valence-corrected chi connectivity index (χ4v) is 7.08. The number of hydrogen-bond acceptors (Lipinski definition) is 2. The second-order valence-electron chi connectivity index (χ2n) is 5.23. The molecule has 0 heterocycles. The highest BCUT2D eigenvalue weighted by molar-refractivity contribution is 6.67. The molecule has 0 N–H and O–H groups in total. The minimum absolute atomic E-state index is 0.822. The molecule has 3 heteroatoms. The molecular weight excluding hydrogens is 228 g/mol. The molecule has 2 nitrogen and oxygen atoms in total. The first kappa shape index (κ1) is 15.2. The van der Waals surface area contributed by atoms with Crippen LogP contribution in [0.3, 0.4) is 0 Å². The molecule has 1 aliphatic rings. The first-order valence-electron chi connectivity index (χ1n) is 7.54. The van der Waals surface area contributed by atoms with Crippen LogP contribution in [-0.4, -0.2) is 21.8 Å². The van der Waals surface area contributed by atoms with Gasteiger partial charge in [0, 0.05) is 13.2 Å². The van der Waals surface area contributed by atoms with Crippen molar-refractivity contribution in [2.75, 3.05) is 13.2 Å². The van der Waals surface area contributed by atoms with Crippen molar-refractivity contribution >= 4 is 8.56 Å². The van der Waals surface area contributed by atoms with E-state index in [1.165, 1.54) is 50.6 Å². The second kappa shape index (κ2) is 8.28. The third-order valence-corrected chi connectivity index (χ3v) is 7.74. The van der Waals surface area contributed by atoms with E-state index in [4.69, 9.17) is 8.85 Å². The summed E-state index contributed by atoms with van der Waals surface area (Å²) in [7, 11) is -1.88. The maximum absolute atomic E-state index is 6.15. The zero-order chi connectivity index (χ0) is 12.6. The molecular formula is C14H30O2Si. The lowest BCUT2D eigenvalue weighted by Crippen LogP contribution is -2.43. The fourth-order valence-electron chi connectivity index (χ4n) is 3.03. The van der Waals surface area contributed by atoms with Gasteiger partial charge in [-0.1, -0.05) is 45.4 Å². The Hall–Kier alpha value is 0.137. The van der Waals surface area contributed by atoms with Crippen molar-refractivity contribution in [2.24, 2.45) is 5.92 Å². The molecule has 1 saturated carbocycles. The highest BCUT2D eigenvalue weighted by Gasteiger charge is 2.39. The van der Waals surface area contributed by atoms with Gasteiger partial charge in [0.15, 0.2) is 0 Å². The van der Waals surface area contributed by atoms with Gasteiger partial charge in [-0.2, -0.15) is 0 Å². The van der Waals surface area contributed by atoms with Crippen LogP contribution in [0.4, 0.5) is 0 Å². The molecule has 0 aliphatic heterocycles. The van der Waals surface area contributed by atoms with E-state index >= 15 is 0 Å². The standard InChI is InChI=1S/C14H30O2Si/c1-4-7-12-17(15-5-2,16-6-3)13-14-10-8-9-11-14/h14H,4-13H2,1-3H3. The van der Waals surface area contributed by atoms with Gasteiger partial charge in [-0.3, -0.25) is 0 Å². The Morgan fingerprint density at radius 2 is 1.59 bits per heavy atom. The van der Waals surface area contributed by atoms with Crippen LogP contribution in [0.25, 0.3) is 0 Å². The first-order chi connectivity index (χ1) is 8.26. The Kier molecular flexibility index (Phi) is 7.40. The van der Waals surface area contributed by atoms with Gasteiger partial charge in [-0.05, 0) is 31.9 Å². The van der Waals surface area contributed by atoms with E-state index in [9.17, 15) is 0 Å². The monoisotopic (exact) mass is 258 g/mol. The average Bonchev–Trinajstić information content (AvgIpc) is 2.80. The summed E-state index contributed by atoms with van der Waals surface area (Å²) in [6.07, 6.45) is 8.16. The van der Waals surface area contributed by atoms with Crippen molar-refractivity contribution in [1.82, 2.24) is 0 Å². The maximum Gasteiger partial charge on any atom is 0.338 e. The van der Waals surface area contributed by atoms with Crippen molar-refractivity contribution in [3.05, 3.63) is 0 Å². The zero-order valence-corrected chi connectivity index (χ0v) is 13.0. The molecule has 102 valence electrons. The molecule has 0 amide bonds. The third kappa shape index (κ3) is 5.10. The van der Waals surface area contributed by atoms with E-state index in [1.54, 1.807) is 0 Å². The molecule has 0 atom stereocenters. The summed E-state index contributed by atoms with van der Waals surface area (Å²) in [4.78, 5) is 0. The van der Waals surface area contributed by atoms with E-state index in [0.29, 0.717) is 0 Å². The molecule has 0 spiro atoms. The Morgan fingerprint density at radius 1 is 1.00 bits per heavy atom. The lowest BCUT2D eigenvalue weighted by atomic mass is 10.1. The molecule has 0 aromatic carbocycles. The minimum atomic E-state index is -1.88. The Bertz CT molecular complexity index is 185. The van der Waals surface area contributed by atoms with Crippen LogP contribution in [0.15, 0.2) is 0 Å². The summed E-state index contributed by atoms with van der Waals surface area (Å²) in [6.45, 7) is 8.13. The first-order valence-corrected chi connectivity index (χ1v) is 9.77. The quantitative estimate of drug-likeness (QED) is 0.567. The largest absolute Gasteiger partial charge is 0.394 e. The van der Waals surface area contributed by atoms with E-state index in [2.05, 4.69) is 20.8 Å². The molecule has 1 fully saturated rings. The van der Waals surface area contributed by atoms with Gasteiger partial charge in [0.25, 0.3) is 0 Å². The predicted octanol–water partition coefficient (Wildman–Crippen LogP) is 4.49. The van der Waals surface area contributed by atoms with Crippen LogP contribution in [0.1, 0.15) is 59.3 Å². The SMILES string of the molecule is CCCC[Si](CC1CCCC1)(OCC)OCC. The molecule has 0 bridgehead atoms. The van der Waals surface area contributed by atoms with Crippen molar-refractivity contribution in [1.29, 1.82) is 0 Å². The molecule has 0 radical (unpaired) electrons. The van der Waals surface area contributed by atoms with Crippen LogP contribution >= 0.6 is 0 Å². The van der Waals surface area contributed by atoms with Crippen molar-refractivity contribution < 1.29 is 8.85 Å². The van der Waals surface area contributed by atoms with E-state index < -0.39 is 8.56 Å². The summed E-state index contributed by atoms with van der Waals surface area (Å²) < 4.78 is 12.3. The summed E-state index contributed by atoms with van der Waals surface area (Å²) >= 11 is 0. The Labute approximate surface area is 108 Å². The minimum Gasteiger partial charge on any atom is -0.394 e. The average molecular weight is 258 g/mol. The van der Waals surface area contributed by atoms with E-state index in [-0.39, 0.29) is 0 Å². The Balaban J connectivity index is 2.57. The van der Waals surface area contributed by atoms with Crippen LogP contribution in [0, 0.1) is 5.92 Å². The molecule has 0 saturated heterocycles. The number of hydrogen-bond donors (Lipinski definition) is 0. The summed E-state index contributed by atoms with van der Waals surface area (Å²) in [5, 5.41) is 0. The van der Waals surface area contributed by atoms with Crippen molar-refractivity contribution in [3.8, 4) is 0 Å². The molecule has 0 aromatic rings. The lowest BCUT2D eigenvalue weighted by Gasteiger charge is -2.32. The normalized spacial score (nSPS) is 17.8. The van der Waals surface area contributed by atoms with Crippen LogP contribution in [0.5, 0.6) is 0 Å². The van der Waals surface area contributed by atoms with Gasteiger partial charge in [0.1, 0.15) is 0 Å². The second-order valence-corrected chi connectivity index (χ2v) is 8.54. The van der Waals surface area contributed by atoms with Gasteiger partial charge in [0.2, 0.25) is 0 Å². The lowest BCUT2D eigenvalue weighted by molar-refractivity contribution is 0.176. The smallest absolute Gasteiger partial charge is 0.338 e. The summed E-state index contributed by atoms with van der Waals surface area (Å²) in [5.74, 6) is 0.886. The van der Waals surface area contributed by atoms with Crippen molar-refractivity contribution in [2.45, 2.75) is 71.4 Å². The van der Waals surface area contributed by atoms with Gasteiger partial charge >= 0.3 is 8.56 Å². The molecule has 17 heavy (non-hydrogen) atoms. The van der Waals surface area contributed by atoms with E-state index in [0.717, 1.165) is 19.1 Å². The number of rotatable bonds is 9. The van der Waals surface area contributed by atoms with Gasteiger partial charge in [-0.15, -0.1) is 0 Å². The van der Waals surface area contributed by atoms with Crippen molar-refractivity contribution in [3.63, 3.8) is 0 Å². The summed E-state index contributed by atoms with van der Waals surface area (Å²) in [5.41, 5.74) is 0. The fraction of sp³-hybridized carbons (Fsp3) is 1.00. The van der Waals surface area contributed by atoms with Gasteiger partial charge in [0.05, 0.1) is 0 Å². The molecule has 1 aliphatic carbocycles. The summed E-state index contributed by atoms with van der Waals surface area (Å²) in [6, 6.07) is 2.44. The van der Waals surface area contributed by atoms with E-state index in [1.807, 2.05) is 0 Å². The van der Waals surface area contributed by atoms with Gasteiger partial charge in [-0.25, -0.2) is 0 Å². The topological polar surface area (TPSA) is 18.5 Å². The highest BCUT2D eigenvalue weighted by Crippen LogP contribution is 2.35. The Morgan fingerprint density at radius 3 is 2.06 bits per heavy atom. The zero-order valence-electron chi connectivity index (χ0n) is 12.0. The van der Waals surface area contributed by atoms with Crippen LogP contribution in [-0.2, 0) is 8.85 Å². The third-order valence-electron chi connectivity index (χ3n) is 3.80.